The number of nitrogens with zero attached hydrogens (tertiary/aromatic N) is 2. The molecule has 0 saturated carbocycles. The average molecular weight is 307 g/mol. The highest BCUT2D eigenvalue weighted by Crippen LogP contribution is 2.28. The summed E-state index contributed by atoms with van der Waals surface area (Å²) in [6.07, 6.45) is 5.14. The smallest absolute Gasteiger partial charge is 0.126 e. The van der Waals surface area contributed by atoms with Crippen molar-refractivity contribution in [3.63, 3.8) is 0 Å². The van der Waals surface area contributed by atoms with Gasteiger partial charge in [-0.05, 0) is 48.7 Å². The molecule has 0 aliphatic carbocycles. The maximum Gasteiger partial charge on any atom is 0.126 e. The Hall–Kier alpha value is -2.40. The van der Waals surface area contributed by atoms with E-state index in [4.69, 9.17) is 5.73 Å². The highest BCUT2D eigenvalue weighted by atomic mass is 15.0. The Labute approximate surface area is 135 Å². The van der Waals surface area contributed by atoms with E-state index >= 15 is 0 Å². The molecule has 23 heavy (non-hydrogen) atoms. The number of pyridine rings is 1. The molecule has 0 amide bonds. The fraction of sp³-hybridized carbons (Fsp3) is 0.333. The summed E-state index contributed by atoms with van der Waals surface area (Å²) < 4.78 is 0. The van der Waals surface area contributed by atoms with Crippen LogP contribution in [0.1, 0.15) is 12.0 Å². The van der Waals surface area contributed by atoms with E-state index in [1.165, 1.54) is 17.6 Å². The molecule has 4 rings (SSSR count). The first-order valence-corrected chi connectivity index (χ1v) is 8.14. The Morgan fingerprint density at radius 3 is 3.04 bits per heavy atom. The van der Waals surface area contributed by atoms with Gasteiger partial charge in [-0.3, -0.25) is 4.99 Å². The molecule has 0 radical (unpaired) electrons. The summed E-state index contributed by atoms with van der Waals surface area (Å²) in [6, 6.07) is 8.31. The molecule has 2 aliphatic rings. The Morgan fingerprint density at radius 2 is 2.26 bits per heavy atom. The lowest BCUT2D eigenvalue weighted by Gasteiger charge is -2.14. The average Bonchev–Trinajstić information content (AvgIpc) is 3.25. The van der Waals surface area contributed by atoms with Crippen molar-refractivity contribution in [2.24, 2.45) is 10.9 Å². The minimum absolute atomic E-state index is 0.554. The van der Waals surface area contributed by atoms with E-state index in [0.717, 1.165) is 42.8 Å². The van der Waals surface area contributed by atoms with E-state index < -0.39 is 0 Å². The zero-order valence-corrected chi connectivity index (χ0v) is 13.0. The van der Waals surface area contributed by atoms with E-state index in [0.29, 0.717) is 11.7 Å². The van der Waals surface area contributed by atoms with E-state index in [9.17, 15) is 0 Å². The number of benzene rings is 1. The SMILES string of the molecule is Nc1cc(NCC2CCNC2)c2ccc(C3=CC=NC3)cc2n1. The molecule has 1 atom stereocenters. The first-order valence-electron chi connectivity index (χ1n) is 8.14. The van der Waals surface area contributed by atoms with Crippen molar-refractivity contribution < 1.29 is 0 Å². The maximum absolute atomic E-state index is 6.01. The summed E-state index contributed by atoms with van der Waals surface area (Å²) in [5, 5.41) is 8.08. The van der Waals surface area contributed by atoms with E-state index in [1.807, 2.05) is 12.3 Å². The molecular weight excluding hydrogens is 286 g/mol. The van der Waals surface area contributed by atoms with Gasteiger partial charge in [-0.2, -0.15) is 0 Å². The van der Waals surface area contributed by atoms with Crippen LogP contribution in [0.15, 0.2) is 35.3 Å². The van der Waals surface area contributed by atoms with Gasteiger partial charge in [-0.1, -0.05) is 12.1 Å². The number of nitrogens with two attached hydrogens (primary N) is 1. The predicted octanol–water partition coefficient (Wildman–Crippen LogP) is 2.31. The van der Waals surface area contributed by atoms with Crippen molar-refractivity contribution in [1.82, 2.24) is 10.3 Å². The molecule has 5 heteroatoms. The first kappa shape index (κ1) is 14.2. The van der Waals surface area contributed by atoms with Crippen LogP contribution in [0.25, 0.3) is 16.5 Å². The van der Waals surface area contributed by atoms with Gasteiger partial charge < -0.3 is 16.4 Å². The van der Waals surface area contributed by atoms with Crippen LogP contribution >= 0.6 is 0 Å². The molecule has 1 saturated heterocycles. The van der Waals surface area contributed by atoms with Gasteiger partial charge in [0, 0.05) is 29.9 Å². The molecule has 1 unspecified atom stereocenters. The summed E-state index contributed by atoms with van der Waals surface area (Å²) in [7, 11) is 0. The predicted molar refractivity (Wildman–Crippen MR) is 97.0 cm³/mol. The lowest BCUT2D eigenvalue weighted by Crippen LogP contribution is -2.17. The highest BCUT2D eigenvalue weighted by Gasteiger charge is 2.15. The van der Waals surface area contributed by atoms with E-state index in [2.05, 4.69) is 44.9 Å². The maximum atomic E-state index is 6.01. The Morgan fingerprint density at radius 1 is 1.30 bits per heavy atom. The molecule has 2 aromatic rings. The summed E-state index contributed by atoms with van der Waals surface area (Å²) in [6.45, 7) is 3.91. The normalized spacial score (nSPS) is 20.2. The Bertz CT molecular complexity index is 787. The van der Waals surface area contributed by atoms with Crippen LogP contribution in [0.2, 0.25) is 0 Å². The van der Waals surface area contributed by atoms with Gasteiger partial charge in [0.2, 0.25) is 0 Å². The van der Waals surface area contributed by atoms with Gasteiger partial charge in [-0.25, -0.2) is 4.98 Å². The molecule has 0 bridgehead atoms. The van der Waals surface area contributed by atoms with Crippen LogP contribution in [0.4, 0.5) is 11.5 Å². The van der Waals surface area contributed by atoms with Crippen molar-refractivity contribution in [3.05, 3.63) is 35.9 Å². The standard InChI is InChI=1S/C18H21N5/c19-18-8-16(22-10-12-3-5-20-9-12)15-2-1-13(7-17(15)23-18)14-4-6-21-11-14/h1-2,4,6-8,12,20H,3,5,9-11H2,(H3,19,22,23). The number of nitrogen functional groups attached to an aromatic ring is 1. The van der Waals surface area contributed by atoms with Gasteiger partial charge in [0.1, 0.15) is 5.82 Å². The number of fused-ring (bicyclic) bond motifs is 1. The lowest BCUT2D eigenvalue weighted by molar-refractivity contribution is 0.616. The number of allylic oxidation sites excluding steroid dienone is 1. The molecule has 4 N–H and O–H groups in total. The third kappa shape index (κ3) is 2.92. The number of hydrogen-bond acceptors (Lipinski definition) is 5. The number of aromatic nitrogens is 1. The van der Waals surface area contributed by atoms with E-state index in [-0.39, 0.29) is 0 Å². The van der Waals surface area contributed by atoms with Crippen LogP contribution in [-0.4, -0.2) is 37.4 Å². The molecule has 1 aromatic heterocycles. The van der Waals surface area contributed by atoms with Crippen molar-refractivity contribution in [1.29, 1.82) is 0 Å². The molecule has 1 fully saturated rings. The number of rotatable bonds is 4. The van der Waals surface area contributed by atoms with Gasteiger partial charge in [0.05, 0.1) is 12.1 Å². The Kier molecular flexibility index (Phi) is 3.71. The summed E-state index contributed by atoms with van der Waals surface area (Å²) >= 11 is 0. The third-order valence-electron chi connectivity index (χ3n) is 4.59. The first-order chi connectivity index (χ1) is 11.3. The zero-order valence-electron chi connectivity index (χ0n) is 13.0. The second-order valence-electron chi connectivity index (χ2n) is 6.25. The van der Waals surface area contributed by atoms with Crippen LogP contribution in [0.3, 0.4) is 0 Å². The van der Waals surface area contributed by atoms with Gasteiger partial charge in [0.15, 0.2) is 0 Å². The number of aliphatic imine (C=N–C) groups is 1. The monoisotopic (exact) mass is 307 g/mol. The van der Waals surface area contributed by atoms with Crippen LogP contribution in [0, 0.1) is 5.92 Å². The fourth-order valence-electron chi connectivity index (χ4n) is 3.27. The molecule has 3 heterocycles. The molecule has 0 spiro atoms. The van der Waals surface area contributed by atoms with Gasteiger partial charge in [-0.15, -0.1) is 0 Å². The van der Waals surface area contributed by atoms with Gasteiger partial charge >= 0.3 is 0 Å². The van der Waals surface area contributed by atoms with Crippen LogP contribution in [-0.2, 0) is 0 Å². The molecular formula is C18H21N5. The van der Waals surface area contributed by atoms with Crippen molar-refractivity contribution >= 4 is 34.2 Å². The highest BCUT2D eigenvalue weighted by molar-refractivity contribution is 5.96. The van der Waals surface area contributed by atoms with Gasteiger partial charge in [0.25, 0.3) is 0 Å². The van der Waals surface area contributed by atoms with Crippen molar-refractivity contribution in [2.45, 2.75) is 6.42 Å². The Balaban J connectivity index is 1.64. The number of hydrogen-bond donors (Lipinski definition) is 3. The second kappa shape index (κ2) is 6.01. The van der Waals surface area contributed by atoms with E-state index in [1.54, 1.807) is 0 Å². The minimum Gasteiger partial charge on any atom is -0.384 e. The largest absolute Gasteiger partial charge is 0.384 e. The quantitative estimate of drug-likeness (QED) is 0.810. The van der Waals surface area contributed by atoms with Crippen LogP contribution < -0.4 is 16.4 Å². The fourth-order valence-corrected chi connectivity index (χ4v) is 3.27. The summed E-state index contributed by atoms with van der Waals surface area (Å²) in [4.78, 5) is 8.75. The summed E-state index contributed by atoms with van der Waals surface area (Å²) in [5.41, 5.74) is 10.4. The topological polar surface area (TPSA) is 75.3 Å². The molecule has 118 valence electrons. The third-order valence-corrected chi connectivity index (χ3v) is 4.59. The second-order valence-corrected chi connectivity index (χ2v) is 6.25. The summed E-state index contributed by atoms with van der Waals surface area (Å²) in [5.74, 6) is 1.23. The van der Waals surface area contributed by atoms with Crippen molar-refractivity contribution in [3.8, 4) is 0 Å². The zero-order chi connectivity index (χ0) is 15.6. The molecule has 2 aliphatic heterocycles. The van der Waals surface area contributed by atoms with Crippen molar-refractivity contribution in [2.75, 3.05) is 37.2 Å². The molecule has 5 nitrogen and oxygen atoms in total. The van der Waals surface area contributed by atoms with Crippen LogP contribution in [0.5, 0.6) is 0 Å². The lowest BCUT2D eigenvalue weighted by atomic mass is 10.0. The minimum atomic E-state index is 0.554. The number of anilines is 2. The number of nitrogens with one attached hydrogen (secondary N) is 2. The molecule has 1 aromatic carbocycles.